The number of hydrogen-bond donors (Lipinski definition) is 1. The summed E-state index contributed by atoms with van der Waals surface area (Å²) in [6.45, 7) is 6.57. The van der Waals surface area contributed by atoms with Gasteiger partial charge in [-0.3, -0.25) is 10.1 Å². The van der Waals surface area contributed by atoms with E-state index in [2.05, 4.69) is 40.0 Å². The summed E-state index contributed by atoms with van der Waals surface area (Å²) >= 11 is 3.45. The minimum atomic E-state index is -0.362. The highest BCUT2D eigenvalue weighted by Crippen LogP contribution is 2.29. The molecule has 0 bridgehead atoms. The first-order valence-electron chi connectivity index (χ1n) is 6.92. The molecule has 0 atom stereocenters. The molecule has 0 unspecified atom stereocenters. The van der Waals surface area contributed by atoms with Gasteiger partial charge in [-0.25, -0.2) is 0 Å². The Hall–Kier alpha value is -1.14. The first-order chi connectivity index (χ1) is 9.47. The van der Waals surface area contributed by atoms with Crippen LogP contribution >= 0.6 is 15.9 Å². The fourth-order valence-electron chi connectivity index (χ4n) is 2.52. The summed E-state index contributed by atoms with van der Waals surface area (Å²) < 4.78 is 0.870. The predicted molar refractivity (Wildman–Crippen MR) is 84.2 cm³/mol. The molecular formula is C14H20BrN3O2. The van der Waals surface area contributed by atoms with Gasteiger partial charge in [0.25, 0.3) is 5.69 Å². The number of nitrogens with one attached hydrogen (secondary N) is 1. The highest BCUT2D eigenvalue weighted by molar-refractivity contribution is 9.10. The van der Waals surface area contributed by atoms with Crippen LogP contribution in [0.15, 0.2) is 22.7 Å². The Balaban J connectivity index is 2.00. The van der Waals surface area contributed by atoms with Gasteiger partial charge in [0.2, 0.25) is 0 Å². The third-order valence-electron chi connectivity index (χ3n) is 3.78. The Morgan fingerprint density at radius 3 is 2.60 bits per heavy atom. The number of benzene rings is 1. The van der Waals surface area contributed by atoms with Gasteiger partial charge < -0.3 is 10.2 Å². The van der Waals surface area contributed by atoms with Crippen molar-refractivity contribution in [3.05, 3.63) is 32.8 Å². The number of non-ortho nitro benzene ring substituents is 1. The molecule has 0 saturated carbocycles. The van der Waals surface area contributed by atoms with Gasteiger partial charge >= 0.3 is 0 Å². The molecule has 0 aliphatic carbocycles. The second-order valence-electron chi connectivity index (χ2n) is 5.47. The van der Waals surface area contributed by atoms with E-state index < -0.39 is 0 Å². The minimum absolute atomic E-state index is 0.121. The van der Waals surface area contributed by atoms with Crippen LogP contribution in [0, 0.1) is 10.1 Å². The van der Waals surface area contributed by atoms with Crippen molar-refractivity contribution < 1.29 is 4.92 Å². The Morgan fingerprint density at radius 2 is 2.05 bits per heavy atom. The maximum atomic E-state index is 10.8. The standard InChI is InChI=1S/C14H20BrN3O2/c1-10(2)17-7-5-11(6-8-17)16-14-9-12(18(19)20)3-4-13(14)15/h3-4,9-11,16H,5-8H2,1-2H3. The zero-order chi connectivity index (χ0) is 14.7. The van der Waals surface area contributed by atoms with Gasteiger partial charge in [-0.1, -0.05) is 0 Å². The monoisotopic (exact) mass is 341 g/mol. The lowest BCUT2D eigenvalue weighted by atomic mass is 10.0. The van der Waals surface area contributed by atoms with E-state index in [0.717, 1.165) is 36.1 Å². The molecule has 1 aromatic carbocycles. The topological polar surface area (TPSA) is 58.4 Å². The molecular weight excluding hydrogens is 322 g/mol. The van der Waals surface area contributed by atoms with Crippen LogP contribution in [-0.4, -0.2) is 35.0 Å². The van der Waals surface area contributed by atoms with Gasteiger partial charge in [0.15, 0.2) is 0 Å². The molecule has 20 heavy (non-hydrogen) atoms. The summed E-state index contributed by atoms with van der Waals surface area (Å²) in [6.07, 6.45) is 2.13. The largest absolute Gasteiger partial charge is 0.381 e. The van der Waals surface area contributed by atoms with E-state index in [0.29, 0.717) is 12.1 Å². The third-order valence-corrected chi connectivity index (χ3v) is 4.47. The first-order valence-corrected chi connectivity index (χ1v) is 7.71. The maximum absolute atomic E-state index is 10.8. The molecule has 1 aliphatic heterocycles. The highest BCUT2D eigenvalue weighted by Gasteiger charge is 2.21. The molecule has 0 spiro atoms. The lowest BCUT2D eigenvalue weighted by Gasteiger charge is -2.35. The van der Waals surface area contributed by atoms with Gasteiger partial charge in [-0.05, 0) is 48.7 Å². The van der Waals surface area contributed by atoms with Crippen LogP contribution in [0.2, 0.25) is 0 Å². The SMILES string of the molecule is CC(C)N1CCC(Nc2cc([N+](=O)[O-])ccc2Br)CC1. The quantitative estimate of drug-likeness (QED) is 0.670. The van der Waals surface area contributed by atoms with E-state index in [9.17, 15) is 10.1 Å². The normalized spacial score (nSPS) is 17.4. The zero-order valence-corrected chi connectivity index (χ0v) is 13.4. The molecule has 1 N–H and O–H groups in total. The molecule has 2 rings (SSSR count). The average Bonchev–Trinajstić information content (AvgIpc) is 2.41. The number of piperidine rings is 1. The van der Waals surface area contributed by atoms with Gasteiger partial charge in [-0.15, -0.1) is 0 Å². The summed E-state index contributed by atoms with van der Waals surface area (Å²) in [4.78, 5) is 12.9. The Bertz CT molecular complexity index is 485. The number of nitrogens with zero attached hydrogens (tertiary/aromatic N) is 2. The van der Waals surface area contributed by atoms with Crippen LogP contribution in [0.25, 0.3) is 0 Å². The van der Waals surface area contributed by atoms with E-state index in [1.807, 2.05) is 0 Å². The van der Waals surface area contributed by atoms with Crippen molar-refractivity contribution in [3.8, 4) is 0 Å². The van der Waals surface area contributed by atoms with Gasteiger partial charge in [0.05, 0.1) is 10.6 Å². The zero-order valence-electron chi connectivity index (χ0n) is 11.8. The fourth-order valence-corrected chi connectivity index (χ4v) is 2.88. The van der Waals surface area contributed by atoms with Crippen molar-refractivity contribution in [2.75, 3.05) is 18.4 Å². The Morgan fingerprint density at radius 1 is 1.40 bits per heavy atom. The number of halogens is 1. The summed E-state index contributed by atoms with van der Waals surface area (Å²) in [5.41, 5.74) is 0.928. The average molecular weight is 342 g/mol. The molecule has 5 nitrogen and oxygen atoms in total. The van der Waals surface area contributed by atoms with Crippen LogP contribution in [-0.2, 0) is 0 Å². The van der Waals surface area contributed by atoms with Gasteiger partial charge in [0.1, 0.15) is 0 Å². The van der Waals surface area contributed by atoms with Crippen LogP contribution in [0.1, 0.15) is 26.7 Å². The molecule has 6 heteroatoms. The first kappa shape index (κ1) is 15.3. The van der Waals surface area contributed by atoms with E-state index in [-0.39, 0.29) is 10.6 Å². The Labute approximate surface area is 127 Å². The van der Waals surface area contributed by atoms with Crippen molar-refractivity contribution >= 4 is 27.3 Å². The van der Waals surface area contributed by atoms with Crippen LogP contribution in [0.4, 0.5) is 11.4 Å². The van der Waals surface area contributed by atoms with Crippen LogP contribution in [0.5, 0.6) is 0 Å². The molecule has 1 saturated heterocycles. The maximum Gasteiger partial charge on any atom is 0.271 e. The van der Waals surface area contributed by atoms with Gasteiger partial charge in [-0.2, -0.15) is 0 Å². The van der Waals surface area contributed by atoms with Crippen molar-refractivity contribution in [1.82, 2.24) is 4.90 Å². The summed E-state index contributed by atoms with van der Waals surface area (Å²) in [5.74, 6) is 0. The fraction of sp³-hybridized carbons (Fsp3) is 0.571. The molecule has 1 aliphatic rings. The smallest absolute Gasteiger partial charge is 0.271 e. The van der Waals surface area contributed by atoms with Crippen molar-refractivity contribution in [2.45, 2.75) is 38.8 Å². The second-order valence-corrected chi connectivity index (χ2v) is 6.32. The number of anilines is 1. The second kappa shape index (κ2) is 6.54. The molecule has 1 heterocycles. The summed E-state index contributed by atoms with van der Waals surface area (Å²) in [6, 6.07) is 5.79. The molecule has 0 amide bonds. The molecule has 0 aromatic heterocycles. The highest BCUT2D eigenvalue weighted by atomic mass is 79.9. The van der Waals surface area contributed by atoms with E-state index in [4.69, 9.17) is 0 Å². The summed E-state index contributed by atoms with van der Waals surface area (Å²) in [7, 11) is 0. The molecule has 0 radical (unpaired) electrons. The van der Waals surface area contributed by atoms with E-state index in [1.54, 1.807) is 12.1 Å². The van der Waals surface area contributed by atoms with E-state index >= 15 is 0 Å². The lowest BCUT2D eigenvalue weighted by molar-refractivity contribution is -0.384. The van der Waals surface area contributed by atoms with Crippen LogP contribution in [0.3, 0.4) is 0 Å². The number of rotatable bonds is 4. The van der Waals surface area contributed by atoms with Crippen LogP contribution < -0.4 is 5.32 Å². The third kappa shape index (κ3) is 3.70. The number of likely N-dealkylation sites (tertiary alicyclic amines) is 1. The number of nitro benzene ring substituents is 1. The Kier molecular flexibility index (Phi) is 4.99. The van der Waals surface area contributed by atoms with Crippen molar-refractivity contribution in [2.24, 2.45) is 0 Å². The predicted octanol–water partition coefficient (Wildman–Crippen LogP) is 3.64. The molecule has 1 fully saturated rings. The number of nitro groups is 1. The van der Waals surface area contributed by atoms with Crippen molar-refractivity contribution in [1.29, 1.82) is 0 Å². The minimum Gasteiger partial charge on any atom is -0.381 e. The van der Waals surface area contributed by atoms with E-state index in [1.165, 1.54) is 6.07 Å². The summed E-state index contributed by atoms with van der Waals surface area (Å²) in [5, 5.41) is 14.3. The van der Waals surface area contributed by atoms with Crippen molar-refractivity contribution in [3.63, 3.8) is 0 Å². The lowest BCUT2D eigenvalue weighted by Crippen LogP contribution is -2.42. The number of hydrogen-bond acceptors (Lipinski definition) is 4. The molecule has 1 aromatic rings. The van der Waals surface area contributed by atoms with Gasteiger partial charge in [0, 0.05) is 41.8 Å². The molecule has 110 valence electrons.